The van der Waals surface area contributed by atoms with E-state index in [2.05, 4.69) is 26.0 Å². The third kappa shape index (κ3) is 5.01. The number of amides is 2. The Labute approximate surface area is 199 Å². The third-order valence-corrected chi connectivity index (χ3v) is 5.20. The maximum Gasteiger partial charge on any atom is 0.272 e. The largest absolute Gasteiger partial charge is 0.504 e. The number of benzene rings is 3. The Bertz CT molecular complexity index is 1470. The van der Waals surface area contributed by atoms with Gasteiger partial charge in [-0.3, -0.25) is 14.4 Å². The number of hydrogen-bond donors (Lipinski definition) is 4. The van der Waals surface area contributed by atoms with Crippen LogP contribution >= 0.6 is 0 Å². The van der Waals surface area contributed by atoms with Gasteiger partial charge in [0.2, 0.25) is 0 Å². The summed E-state index contributed by atoms with van der Waals surface area (Å²) in [7, 11) is 1.42. The molecule has 176 valence electrons. The molecule has 4 aromatic rings. The van der Waals surface area contributed by atoms with E-state index in [1.54, 1.807) is 72.8 Å². The number of aromatic nitrogens is 2. The molecule has 0 fully saturated rings. The minimum atomic E-state index is -1.29. The minimum absolute atomic E-state index is 0.140. The van der Waals surface area contributed by atoms with Crippen molar-refractivity contribution in [2.24, 2.45) is 5.10 Å². The summed E-state index contributed by atoms with van der Waals surface area (Å²) in [5, 5.41) is 23.9. The fourth-order valence-electron chi connectivity index (χ4n) is 3.46. The Morgan fingerprint density at radius 3 is 2.49 bits per heavy atom. The van der Waals surface area contributed by atoms with Crippen molar-refractivity contribution in [1.29, 1.82) is 0 Å². The van der Waals surface area contributed by atoms with Crippen LogP contribution in [0.2, 0.25) is 0 Å². The summed E-state index contributed by atoms with van der Waals surface area (Å²) in [6, 6.07) is 18.5. The molecule has 1 heterocycles. The molecule has 35 heavy (non-hydrogen) atoms. The molecule has 10 heteroatoms. The maximum atomic E-state index is 13.2. The summed E-state index contributed by atoms with van der Waals surface area (Å²) < 4.78 is 5.06. The van der Waals surface area contributed by atoms with Crippen LogP contribution in [0.15, 0.2) is 82.7 Å². The Hall–Kier alpha value is -4.99. The van der Waals surface area contributed by atoms with Gasteiger partial charge in [0.05, 0.1) is 18.7 Å². The number of nitrogens with zero attached hydrogens (tertiary/aromatic N) is 2. The topological polar surface area (TPSA) is 146 Å². The van der Waals surface area contributed by atoms with E-state index in [0.29, 0.717) is 21.9 Å². The van der Waals surface area contributed by atoms with E-state index in [-0.39, 0.29) is 17.2 Å². The second kappa shape index (κ2) is 10.3. The molecule has 0 saturated carbocycles. The van der Waals surface area contributed by atoms with Crippen LogP contribution in [0.5, 0.6) is 11.5 Å². The zero-order chi connectivity index (χ0) is 24.8. The SMILES string of the molecule is COc1cccc(/C=N/NC(=O)C(NC(=O)c2ccccc2)c2n[nH]c(=O)c3ccccc23)c1O. The molecule has 1 unspecified atom stereocenters. The van der Waals surface area contributed by atoms with Crippen molar-refractivity contribution in [3.63, 3.8) is 0 Å². The summed E-state index contributed by atoms with van der Waals surface area (Å²) in [6.45, 7) is 0. The van der Waals surface area contributed by atoms with Gasteiger partial charge in [0, 0.05) is 16.5 Å². The first-order chi connectivity index (χ1) is 17.0. The molecule has 0 aliphatic heterocycles. The first kappa shape index (κ1) is 23.2. The summed E-state index contributed by atoms with van der Waals surface area (Å²) in [6.07, 6.45) is 1.24. The maximum absolute atomic E-state index is 13.2. The molecular formula is C25H21N5O5. The first-order valence-corrected chi connectivity index (χ1v) is 10.5. The molecule has 0 saturated heterocycles. The average molecular weight is 471 g/mol. The molecular weight excluding hydrogens is 450 g/mol. The number of hydrogen-bond acceptors (Lipinski definition) is 7. The Kier molecular flexibility index (Phi) is 6.82. The minimum Gasteiger partial charge on any atom is -0.504 e. The number of phenols is 1. The van der Waals surface area contributed by atoms with E-state index in [1.165, 1.54) is 13.3 Å². The molecule has 10 nitrogen and oxygen atoms in total. The monoisotopic (exact) mass is 471 g/mol. The number of methoxy groups -OCH3 is 1. The predicted molar refractivity (Wildman–Crippen MR) is 129 cm³/mol. The van der Waals surface area contributed by atoms with Crippen molar-refractivity contribution in [2.45, 2.75) is 6.04 Å². The standard InChI is InChI=1S/C25H21N5O5/c1-35-19-13-7-10-16(22(19)31)14-26-29-25(34)21(27-23(32)15-8-3-2-4-9-15)20-17-11-5-6-12-18(17)24(33)30-28-20/h2-14,21,31H,1H3,(H,27,32)(H,29,34)(H,30,33)/b26-14+. The molecule has 4 rings (SSSR count). The smallest absolute Gasteiger partial charge is 0.272 e. The number of phenolic OH excluding ortho intramolecular Hbond substituents is 1. The third-order valence-electron chi connectivity index (χ3n) is 5.20. The van der Waals surface area contributed by atoms with Gasteiger partial charge in [-0.1, -0.05) is 42.5 Å². The molecule has 1 atom stereocenters. The number of carbonyl (C=O) groups is 2. The van der Waals surface area contributed by atoms with Gasteiger partial charge >= 0.3 is 0 Å². The van der Waals surface area contributed by atoms with Gasteiger partial charge in [-0.05, 0) is 30.3 Å². The van der Waals surface area contributed by atoms with Crippen LogP contribution in [-0.4, -0.2) is 40.4 Å². The van der Waals surface area contributed by atoms with E-state index < -0.39 is 23.4 Å². The number of hydrazone groups is 1. The van der Waals surface area contributed by atoms with Crippen molar-refractivity contribution in [1.82, 2.24) is 20.9 Å². The second-order valence-corrected chi connectivity index (χ2v) is 7.39. The molecule has 1 aromatic heterocycles. The van der Waals surface area contributed by atoms with E-state index in [1.807, 2.05) is 0 Å². The zero-order valence-electron chi connectivity index (χ0n) is 18.6. The highest BCUT2D eigenvalue weighted by atomic mass is 16.5. The Morgan fingerprint density at radius 1 is 1.03 bits per heavy atom. The van der Waals surface area contributed by atoms with Gasteiger partial charge in [-0.25, -0.2) is 10.5 Å². The average Bonchev–Trinajstić information content (AvgIpc) is 2.89. The number of ether oxygens (including phenoxy) is 1. The number of carbonyl (C=O) groups excluding carboxylic acids is 2. The zero-order valence-corrected chi connectivity index (χ0v) is 18.6. The highest BCUT2D eigenvalue weighted by Gasteiger charge is 2.27. The van der Waals surface area contributed by atoms with Crippen LogP contribution in [0.3, 0.4) is 0 Å². The van der Waals surface area contributed by atoms with Crippen molar-refractivity contribution >= 4 is 28.8 Å². The number of aromatic amines is 1. The van der Waals surface area contributed by atoms with Crippen molar-refractivity contribution < 1.29 is 19.4 Å². The lowest BCUT2D eigenvalue weighted by molar-refractivity contribution is -0.123. The normalized spacial score (nSPS) is 11.8. The van der Waals surface area contributed by atoms with E-state index in [0.717, 1.165) is 0 Å². The summed E-state index contributed by atoms with van der Waals surface area (Å²) in [5.74, 6) is -1.12. The van der Waals surface area contributed by atoms with Crippen LogP contribution in [0.4, 0.5) is 0 Å². The predicted octanol–water partition coefficient (Wildman–Crippen LogP) is 2.26. The number of rotatable bonds is 7. The summed E-state index contributed by atoms with van der Waals surface area (Å²) in [4.78, 5) is 38.3. The van der Waals surface area contributed by atoms with Gasteiger partial charge in [-0.15, -0.1) is 0 Å². The fourth-order valence-corrected chi connectivity index (χ4v) is 3.46. The molecule has 0 aliphatic carbocycles. The quantitative estimate of drug-likeness (QED) is 0.240. The highest BCUT2D eigenvalue weighted by Crippen LogP contribution is 2.28. The lowest BCUT2D eigenvalue weighted by atomic mass is 10.0. The van der Waals surface area contributed by atoms with Crippen molar-refractivity contribution in [2.75, 3.05) is 7.11 Å². The molecule has 2 amide bonds. The number of aromatic hydroxyl groups is 1. The summed E-state index contributed by atoms with van der Waals surface area (Å²) >= 11 is 0. The lowest BCUT2D eigenvalue weighted by Gasteiger charge is -2.18. The van der Waals surface area contributed by atoms with Crippen LogP contribution in [0.1, 0.15) is 27.7 Å². The number of nitrogens with one attached hydrogen (secondary N) is 3. The van der Waals surface area contributed by atoms with E-state index in [9.17, 15) is 19.5 Å². The number of fused-ring (bicyclic) bond motifs is 1. The Morgan fingerprint density at radius 2 is 1.74 bits per heavy atom. The molecule has 0 radical (unpaired) electrons. The van der Waals surface area contributed by atoms with Gasteiger partial charge in [0.15, 0.2) is 17.5 Å². The van der Waals surface area contributed by atoms with Gasteiger partial charge in [0.25, 0.3) is 17.4 Å². The van der Waals surface area contributed by atoms with E-state index >= 15 is 0 Å². The fraction of sp³-hybridized carbons (Fsp3) is 0.0800. The molecule has 4 N–H and O–H groups in total. The summed E-state index contributed by atoms with van der Waals surface area (Å²) in [5.41, 5.74) is 2.72. The molecule has 0 spiro atoms. The first-order valence-electron chi connectivity index (χ1n) is 10.5. The van der Waals surface area contributed by atoms with Crippen LogP contribution in [0.25, 0.3) is 10.8 Å². The van der Waals surface area contributed by atoms with Gasteiger partial charge < -0.3 is 15.2 Å². The van der Waals surface area contributed by atoms with Crippen LogP contribution < -0.4 is 21.0 Å². The van der Waals surface area contributed by atoms with E-state index in [4.69, 9.17) is 4.74 Å². The second-order valence-electron chi connectivity index (χ2n) is 7.39. The lowest BCUT2D eigenvalue weighted by Crippen LogP contribution is -2.40. The van der Waals surface area contributed by atoms with Crippen LogP contribution in [-0.2, 0) is 4.79 Å². The molecule has 0 aliphatic rings. The van der Waals surface area contributed by atoms with Gasteiger partial charge in [-0.2, -0.15) is 10.2 Å². The number of H-pyrrole nitrogens is 1. The van der Waals surface area contributed by atoms with Crippen LogP contribution in [0, 0.1) is 0 Å². The Balaban J connectivity index is 1.67. The van der Waals surface area contributed by atoms with Crippen molar-refractivity contribution in [3.8, 4) is 11.5 Å². The molecule has 0 bridgehead atoms. The highest BCUT2D eigenvalue weighted by molar-refractivity contribution is 5.99. The molecule has 3 aromatic carbocycles. The van der Waals surface area contributed by atoms with Gasteiger partial charge in [0.1, 0.15) is 5.69 Å². The van der Waals surface area contributed by atoms with Crippen molar-refractivity contribution in [3.05, 3.63) is 100.0 Å². The number of para-hydroxylation sites is 1.